The van der Waals surface area contributed by atoms with Crippen LogP contribution in [0.5, 0.6) is 5.88 Å². The van der Waals surface area contributed by atoms with Crippen molar-refractivity contribution in [2.45, 2.75) is 17.9 Å². The maximum Gasteiger partial charge on any atom is 0.416 e. The van der Waals surface area contributed by atoms with Crippen LogP contribution >= 0.6 is 11.8 Å². The van der Waals surface area contributed by atoms with Crippen LogP contribution in [0.4, 0.5) is 35.2 Å². The maximum atomic E-state index is 13.2. The van der Waals surface area contributed by atoms with Crippen molar-refractivity contribution in [3.63, 3.8) is 0 Å². The minimum atomic E-state index is -4.58. The van der Waals surface area contributed by atoms with Gasteiger partial charge in [-0.15, -0.1) is 0 Å². The predicted molar refractivity (Wildman–Crippen MR) is 124 cm³/mol. The lowest BCUT2D eigenvalue weighted by Gasteiger charge is -2.34. The Kier molecular flexibility index (Phi) is 6.52. The molecule has 182 valence electrons. The van der Waals surface area contributed by atoms with Gasteiger partial charge in [0.05, 0.1) is 31.1 Å². The highest BCUT2D eigenvalue weighted by molar-refractivity contribution is 7.98. The van der Waals surface area contributed by atoms with Crippen LogP contribution in [0.3, 0.4) is 0 Å². The van der Waals surface area contributed by atoms with Gasteiger partial charge in [-0.2, -0.15) is 13.2 Å². The average Bonchev–Trinajstić information content (AvgIpc) is 2.85. The van der Waals surface area contributed by atoms with E-state index in [-0.39, 0.29) is 29.4 Å². The van der Waals surface area contributed by atoms with Gasteiger partial charge in [-0.25, -0.2) is 19.7 Å². The van der Waals surface area contributed by atoms with Crippen LogP contribution in [0.1, 0.15) is 21.5 Å². The number of fused-ring (bicyclic) bond motifs is 1. The summed E-state index contributed by atoms with van der Waals surface area (Å²) in [4.78, 5) is 41.3. The van der Waals surface area contributed by atoms with Gasteiger partial charge in [0.25, 0.3) is 5.91 Å². The molecule has 2 aromatic heterocycles. The molecule has 0 unspecified atom stereocenters. The molecule has 3 aromatic rings. The van der Waals surface area contributed by atoms with E-state index >= 15 is 0 Å². The van der Waals surface area contributed by atoms with Gasteiger partial charge in [0.1, 0.15) is 11.5 Å². The molecule has 0 saturated carbocycles. The van der Waals surface area contributed by atoms with E-state index in [1.165, 1.54) is 47.0 Å². The number of thioether (sulfide) groups is 1. The third kappa shape index (κ3) is 4.85. The first-order chi connectivity index (χ1) is 16.6. The Balaban J connectivity index is 1.64. The summed E-state index contributed by atoms with van der Waals surface area (Å²) in [6.45, 7) is 0.121. The summed E-state index contributed by atoms with van der Waals surface area (Å²) in [5.41, 5.74) is -0.0117. The number of aromatic nitrogens is 3. The Bertz CT molecular complexity index is 1300. The lowest BCUT2D eigenvalue weighted by Crippen LogP contribution is -2.46. The van der Waals surface area contributed by atoms with Crippen LogP contribution in [0.25, 0.3) is 0 Å². The minimum Gasteiger partial charge on any atom is -0.480 e. The van der Waals surface area contributed by atoms with E-state index in [4.69, 9.17) is 4.74 Å². The molecule has 4 rings (SSSR count). The molecule has 3 amide bonds. The summed E-state index contributed by atoms with van der Waals surface area (Å²) in [5, 5.41) is 3.05. The third-order valence-electron chi connectivity index (χ3n) is 5.19. The van der Waals surface area contributed by atoms with Gasteiger partial charge >= 0.3 is 12.2 Å². The van der Waals surface area contributed by atoms with Crippen LogP contribution in [0, 0.1) is 0 Å². The molecule has 1 aliphatic rings. The molecule has 0 saturated heterocycles. The van der Waals surface area contributed by atoms with E-state index in [1.54, 1.807) is 13.2 Å². The van der Waals surface area contributed by atoms with Gasteiger partial charge in [0.15, 0.2) is 5.16 Å². The summed E-state index contributed by atoms with van der Waals surface area (Å²) >= 11 is 1.35. The Labute approximate surface area is 202 Å². The van der Waals surface area contributed by atoms with Crippen molar-refractivity contribution in [2.75, 3.05) is 35.5 Å². The van der Waals surface area contributed by atoms with Crippen LogP contribution in [-0.4, -0.2) is 47.3 Å². The number of anilines is 3. The number of hydrogen-bond acceptors (Lipinski definition) is 7. The highest BCUT2D eigenvalue weighted by Gasteiger charge is 2.33. The summed E-state index contributed by atoms with van der Waals surface area (Å²) < 4.78 is 44.3. The second-order valence-corrected chi connectivity index (χ2v) is 8.19. The zero-order valence-corrected chi connectivity index (χ0v) is 19.6. The molecule has 0 radical (unpaired) electrons. The molecule has 0 aliphatic carbocycles. The van der Waals surface area contributed by atoms with Crippen LogP contribution in [0.2, 0.25) is 0 Å². The summed E-state index contributed by atoms with van der Waals surface area (Å²) in [6.07, 6.45) is 0.161. The number of amides is 3. The summed E-state index contributed by atoms with van der Waals surface area (Å²) in [5.74, 6) is -0.167. The number of methoxy groups -OCH3 is 1. The lowest BCUT2D eigenvalue weighted by molar-refractivity contribution is -0.137. The highest BCUT2D eigenvalue weighted by Crippen LogP contribution is 2.36. The van der Waals surface area contributed by atoms with Gasteiger partial charge in [0, 0.05) is 24.4 Å². The summed E-state index contributed by atoms with van der Waals surface area (Å²) in [6, 6.07) is 5.11. The van der Waals surface area contributed by atoms with Crippen molar-refractivity contribution in [1.29, 1.82) is 0 Å². The number of alkyl halides is 3. The second-order valence-electron chi connectivity index (χ2n) is 7.42. The van der Waals surface area contributed by atoms with E-state index < -0.39 is 23.7 Å². The van der Waals surface area contributed by atoms with Crippen molar-refractivity contribution in [2.24, 2.45) is 0 Å². The monoisotopic (exact) mass is 504 g/mol. The molecule has 13 heteroatoms. The van der Waals surface area contributed by atoms with Crippen molar-refractivity contribution < 1.29 is 27.5 Å². The number of pyridine rings is 1. The Morgan fingerprint density at radius 1 is 1.20 bits per heavy atom. The molecule has 1 aromatic carbocycles. The van der Waals surface area contributed by atoms with Crippen LogP contribution in [0.15, 0.2) is 47.9 Å². The van der Waals surface area contributed by atoms with Gasteiger partial charge in [-0.1, -0.05) is 17.8 Å². The molecule has 0 fully saturated rings. The van der Waals surface area contributed by atoms with Gasteiger partial charge in [-0.05, 0) is 30.5 Å². The van der Waals surface area contributed by atoms with E-state index in [0.29, 0.717) is 16.5 Å². The SMILES string of the molecule is COc1ncc(NC(=O)c2cccc(C(F)(F)F)c2)cc1N1Cc2cnc(SC)nc2N(C)C1=O. The fourth-order valence-electron chi connectivity index (χ4n) is 3.48. The fraction of sp³-hybridized carbons (Fsp3) is 0.227. The number of benzene rings is 1. The Hall–Kier alpha value is -3.87. The lowest BCUT2D eigenvalue weighted by atomic mass is 10.1. The number of urea groups is 1. The number of carbonyl (C=O) groups excluding carboxylic acids is 2. The Morgan fingerprint density at radius 3 is 2.66 bits per heavy atom. The standard InChI is InChI=1S/C22H19F3N6O3S/c1-30-17-13(9-27-20(29-17)35-3)11-31(21(30)33)16-8-15(10-26-19(16)34-2)28-18(32)12-5-4-6-14(7-12)22(23,24)25/h4-10H,11H2,1-3H3,(H,28,32). The van der Waals surface area contributed by atoms with Crippen molar-refractivity contribution in [1.82, 2.24) is 15.0 Å². The predicted octanol–water partition coefficient (Wildman–Crippen LogP) is 4.45. The quantitative estimate of drug-likeness (QED) is 0.405. The first-order valence-electron chi connectivity index (χ1n) is 10.1. The zero-order valence-electron chi connectivity index (χ0n) is 18.8. The minimum absolute atomic E-state index is 0.119. The molecule has 35 heavy (non-hydrogen) atoms. The molecule has 0 atom stereocenters. The van der Waals surface area contributed by atoms with E-state index in [1.807, 2.05) is 6.26 Å². The number of nitrogens with zero attached hydrogens (tertiary/aromatic N) is 5. The van der Waals surface area contributed by atoms with Crippen molar-refractivity contribution in [3.8, 4) is 5.88 Å². The third-order valence-corrected chi connectivity index (χ3v) is 5.75. The molecule has 0 spiro atoms. The molecular weight excluding hydrogens is 485 g/mol. The van der Waals surface area contributed by atoms with Crippen molar-refractivity contribution in [3.05, 3.63) is 59.4 Å². The molecule has 1 aliphatic heterocycles. The number of carbonyl (C=O) groups is 2. The van der Waals surface area contributed by atoms with E-state index in [0.717, 1.165) is 18.2 Å². The largest absolute Gasteiger partial charge is 0.480 e. The summed E-state index contributed by atoms with van der Waals surface area (Å²) in [7, 11) is 2.95. The normalized spacial score (nSPS) is 13.5. The van der Waals surface area contributed by atoms with Gasteiger partial charge < -0.3 is 10.1 Å². The molecule has 3 heterocycles. The fourth-order valence-corrected chi connectivity index (χ4v) is 3.82. The highest BCUT2D eigenvalue weighted by atomic mass is 32.2. The first kappa shape index (κ1) is 24.3. The number of halogens is 3. The number of rotatable bonds is 5. The van der Waals surface area contributed by atoms with Crippen LogP contribution < -0.4 is 19.9 Å². The van der Waals surface area contributed by atoms with Gasteiger partial charge in [-0.3, -0.25) is 14.6 Å². The Morgan fingerprint density at radius 2 is 1.97 bits per heavy atom. The number of ether oxygens (including phenoxy) is 1. The molecule has 9 nitrogen and oxygen atoms in total. The van der Waals surface area contributed by atoms with Crippen LogP contribution in [-0.2, 0) is 12.7 Å². The molecular formula is C22H19F3N6O3S. The second kappa shape index (κ2) is 9.41. The van der Waals surface area contributed by atoms with Gasteiger partial charge in [0.2, 0.25) is 5.88 Å². The van der Waals surface area contributed by atoms with Crippen molar-refractivity contribution >= 4 is 40.9 Å². The topological polar surface area (TPSA) is 101 Å². The number of hydrogen-bond donors (Lipinski definition) is 1. The number of nitrogens with one attached hydrogen (secondary N) is 1. The molecule has 0 bridgehead atoms. The average molecular weight is 504 g/mol. The molecule has 1 N–H and O–H groups in total. The van der Waals surface area contributed by atoms with E-state index in [2.05, 4.69) is 20.3 Å². The smallest absolute Gasteiger partial charge is 0.416 e. The van der Waals surface area contributed by atoms with E-state index in [9.17, 15) is 22.8 Å². The zero-order chi connectivity index (χ0) is 25.3. The maximum absolute atomic E-state index is 13.2. The first-order valence-corrected chi connectivity index (χ1v) is 11.3.